The largest absolute Gasteiger partial charge is 0.382 e. The van der Waals surface area contributed by atoms with Crippen LogP contribution in [0, 0.1) is 5.82 Å². The molecule has 0 aromatic heterocycles. The maximum absolute atomic E-state index is 14.0. The smallest absolute Gasteiger partial charge is 0.268 e. The number of carbonyl (C=O) groups excluding carboxylic acids is 1. The minimum Gasteiger partial charge on any atom is -0.382 e. The van der Waals surface area contributed by atoms with Crippen molar-refractivity contribution in [1.29, 1.82) is 0 Å². The standard InChI is InChI=1S/C22H16ClFN2O2/c23-17-7-4-8-18(24)21(17)19-13-20(28-26-19)22(27)25-16-11-9-15(10-12-16)14-5-2-1-3-6-14/h1-12,20H,13H2,(H,25,27)/t20-/m1/s1. The maximum atomic E-state index is 14.0. The minimum atomic E-state index is -0.834. The summed E-state index contributed by atoms with van der Waals surface area (Å²) >= 11 is 6.06. The summed E-state index contributed by atoms with van der Waals surface area (Å²) in [6.45, 7) is 0. The Morgan fingerprint density at radius 3 is 2.43 bits per heavy atom. The summed E-state index contributed by atoms with van der Waals surface area (Å²) in [5.74, 6) is -0.842. The molecule has 0 fully saturated rings. The molecule has 1 heterocycles. The molecule has 140 valence electrons. The summed E-state index contributed by atoms with van der Waals surface area (Å²) in [7, 11) is 0. The first-order valence-electron chi connectivity index (χ1n) is 8.75. The normalized spacial score (nSPS) is 15.6. The lowest BCUT2D eigenvalue weighted by atomic mass is 10.0. The highest BCUT2D eigenvalue weighted by Gasteiger charge is 2.31. The lowest BCUT2D eigenvalue weighted by Gasteiger charge is -2.10. The lowest BCUT2D eigenvalue weighted by Crippen LogP contribution is -2.28. The van der Waals surface area contributed by atoms with Gasteiger partial charge in [0, 0.05) is 12.1 Å². The molecule has 4 nitrogen and oxygen atoms in total. The average molecular weight is 395 g/mol. The van der Waals surface area contributed by atoms with Crippen LogP contribution < -0.4 is 5.32 Å². The number of nitrogens with zero attached hydrogens (tertiary/aromatic N) is 1. The Kier molecular flexibility index (Phi) is 5.08. The van der Waals surface area contributed by atoms with Gasteiger partial charge in [0.15, 0.2) is 0 Å². The molecule has 0 unspecified atom stereocenters. The highest BCUT2D eigenvalue weighted by atomic mass is 35.5. The van der Waals surface area contributed by atoms with Crippen LogP contribution in [0.25, 0.3) is 11.1 Å². The molecule has 0 aliphatic carbocycles. The Hall–Kier alpha value is -3.18. The van der Waals surface area contributed by atoms with E-state index in [4.69, 9.17) is 16.4 Å². The van der Waals surface area contributed by atoms with E-state index < -0.39 is 11.9 Å². The van der Waals surface area contributed by atoms with Gasteiger partial charge < -0.3 is 10.2 Å². The van der Waals surface area contributed by atoms with Gasteiger partial charge in [0.05, 0.1) is 16.3 Å². The molecule has 0 saturated heterocycles. The van der Waals surface area contributed by atoms with Gasteiger partial charge in [0.25, 0.3) is 5.91 Å². The highest BCUT2D eigenvalue weighted by molar-refractivity contribution is 6.34. The van der Waals surface area contributed by atoms with Crippen LogP contribution in [0.4, 0.5) is 10.1 Å². The molecule has 0 spiro atoms. The Balaban J connectivity index is 1.41. The first kappa shape index (κ1) is 18.2. The van der Waals surface area contributed by atoms with Gasteiger partial charge >= 0.3 is 0 Å². The molecular weight excluding hydrogens is 379 g/mol. The van der Waals surface area contributed by atoms with E-state index in [0.717, 1.165) is 11.1 Å². The van der Waals surface area contributed by atoms with E-state index in [1.807, 2.05) is 54.6 Å². The molecule has 1 N–H and O–H groups in total. The van der Waals surface area contributed by atoms with E-state index >= 15 is 0 Å². The fourth-order valence-electron chi connectivity index (χ4n) is 3.04. The van der Waals surface area contributed by atoms with Gasteiger partial charge in [0.1, 0.15) is 5.82 Å². The van der Waals surface area contributed by atoms with Crippen LogP contribution in [0.5, 0.6) is 0 Å². The Morgan fingerprint density at radius 2 is 1.71 bits per heavy atom. The van der Waals surface area contributed by atoms with E-state index in [1.54, 1.807) is 6.07 Å². The lowest BCUT2D eigenvalue weighted by molar-refractivity contribution is -0.125. The van der Waals surface area contributed by atoms with E-state index in [-0.39, 0.29) is 22.9 Å². The fraction of sp³-hybridized carbons (Fsp3) is 0.0909. The van der Waals surface area contributed by atoms with Gasteiger partial charge in [-0.2, -0.15) is 0 Å². The monoisotopic (exact) mass is 394 g/mol. The van der Waals surface area contributed by atoms with E-state index in [9.17, 15) is 9.18 Å². The molecule has 1 amide bonds. The molecule has 1 aliphatic heterocycles. The van der Waals surface area contributed by atoms with Crippen LogP contribution in [-0.2, 0) is 9.63 Å². The van der Waals surface area contributed by atoms with Crippen molar-refractivity contribution in [2.45, 2.75) is 12.5 Å². The second kappa shape index (κ2) is 7.82. The van der Waals surface area contributed by atoms with Crippen molar-refractivity contribution in [3.8, 4) is 11.1 Å². The predicted molar refractivity (Wildman–Crippen MR) is 108 cm³/mol. The quantitative estimate of drug-likeness (QED) is 0.654. The Labute approximate surface area is 166 Å². The zero-order valence-electron chi connectivity index (χ0n) is 14.7. The molecule has 3 aromatic carbocycles. The summed E-state index contributed by atoms with van der Waals surface area (Å²) in [5.41, 5.74) is 3.29. The van der Waals surface area contributed by atoms with Crippen LogP contribution in [0.2, 0.25) is 5.02 Å². The molecule has 4 rings (SSSR count). The molecule has 0 bridgehead atoms. The first-order valence-corrected chi connectivity index (χ1v) is 9.13. The van der Waals surface area contributed by atoms with Crippen LogP contribution in [0.15, 0.2) is 78.0 Å². The minimum absolute atomic E-state index is 0.147. The van der Waals surface area contributed by atoms with Crippen LogP contribution in [0.1, 0.15) is 12.0 Å². The van der Waals surface area contributed by atoms with E-state index in [1.165, 1.54) is 12.1 Å². The van der Waals surface area contributed by atoms with E-state index in [0.29, 0.717) is 11.4 Å². The zero-order valence-corrected chi connectivity index (χ0v) is 15.5. The van der Waals surface area contributed by atoms with Crippen molar-refractivity contribution in [3.05, 3.63) is 89.2 Å². The van der Waals surface area contributed by atoms with Gasteiger partial charge in [-0.1, -0.05) is 65.3 Å². The third kappa shape index (κ3) is 3.75. The number of carbonyl (C=O) groups is 1. The van der Waals surface area contributed by atoms with Crippen LogP contribution >= 0.6 is 11.6 Å². The number of oxime groups is 1. The molecule has 3 aromatic rings. The summed E-state index contributed by atoms with van der Waals surface area (Å²) in [6.07, 6.45) is -0.686. The highest BCUT2D eigenvalue weighted by Crippen LogP contribution is 2.26. The topological polar surface area (TPSA) is 50.7 Å². The molecule has 0 radical (unpaired) electrons. The second-order valence-corrected chi connectivity index (χ2v) is 6.77. The van der Waals surface area contributed by atoms with Gasteiger partial charge in [-0.05, 0) is 35.4 Å². The number of nitrogens with one attached hydrogen (secondary N) is 1. The van der Waals surface area contributed by atoms with Gasteiger partial charge in [-0.15, -0.1) is 0 Å². The van der Waals surface area contributed by atoms with Crippen molar-refractivity contribution in [1.82, 2.24) is 0 Å². The van der Waals surface area contributed by atoms with Gasteiger partial charge in [0.2, 0.25) is 6.10 Å². The maximum Gasteiger partial charge on any atom is 0.268 e. The van der Waals surface area contributed by atoms with E-state index in [2.05, 4.69) is 10.5 Å². The number of benzene rings is 3. The van der Waals surface area contributed by atoms with Crippen molar-refractivity contribution in [2.24, 2.45) is 5.16 Å². The van der Waals surface area contributed by atoms with Crippen molar-refractivity contribution in [3.63, 3.8) is 0 Å². The summed E-state index contributed by atoms with van der Waals surface area (Å²) in [5, 5.41) is 6.89. The fourth-order valence-corrected chi connectivity index (χ4v) is 3.31. The second-order valence-electron chi connectivity index (χ2n) is 6.37. The molecule has 28 heavy (non-hydrogen) atoms. The Bertz CT molecular complexity index is 1020. The van der Waals surface area contributed by atoms with Crippen molar-refractivity contribution < 1.29 is 14.0 Å². The van der Waals surface area contributed by atoms with Crippen LogP contribution in [0.3, 0.4) is 0 Å². The summed E-state index contributed by atoms with van der Waals surface area (Å²) < 4.78 is 14.0. The third-order valence-corrected chi connectivity index (χ3v) is 4.79. The molecule has 1 aliphatic rings. The van der Waals surface area contributed by atoms with Crippen LogP contribution in [-0.4, -0.2) is 17.7 Å². The zero-order chi connectivity index (χ0) is 19.5. The Morgan fingerprint density at radius 1 is 1.00 bits per heavy atom. The molecule has 6 heteroatoms. The van der Waals surface area contributed by atoms with Crippen molar-refractivity contribution in [2.75, 3.05) is 5.32 Å². The predicted octanol–water partition coefficient (Wildman–Crippen LogP) is 5.28. The SMILES string of the molecule is O=C(Nc1ccc(-c2ccccc2)cc1)[C@H]1CC(c2c(F)cccc2Cl)=NO1. The number of hydrogen-bond acceptors (Lipinski definition) is 3. The number of halogens is 2. The number of hydrogen-bond donors (Lipinski definition) is 1. The number of amides is 1. The summed E-state index contributed by atoms with van der Waals surface area (Å²) in [6, 6.07) is 21.8. The first-order chi connectivity index (χ1) is 13.6. The number of rotatable bonds is 4. The summed E-state index contributed by atoms with van der Waals surface area (Å²) in [4.78, 5) is 17.7. The molecule has 0 saturated carbocycles. The molecule has 1 atom stereocenters. The number of anilines is 1. The van der Waals surface area contributed by atoms with Gasteiger partial charge in [-0.3, -0.25) is 4.79 Å². The third-order valence-electron chi connectivity index (χ3n) is 4.47. The van der Waals surface area contributed by atoms with Gasteiger partial charge in [-0.25, -0.2) is 4.39 Å². The molecular formula is C22H16ClFN2O2. The average Bonchev–Trinajstić information content (AvgIpc) is 3.19. The van der Waals surface area contributed by atoms with Crippen molar-refractivity contribution >= 4 is 28.9 Å².